The third-order valence-electron chi connectivity index (χ3n) is 1.91. The third-order valence-corrected chi connectivity index (χ3v) is 2.63. The summed E-state index contributed by atoms with van der Waals surface area (Å²) in [6.45, 7) is 1.16. The van der Waals surface area contributed by atoms with Gasteiger partial charge in [-0.2, -0.15) is 0 Å². The first kappa shape index (κ1) is 13.8. The number of nitrogens with one attached hydrogen (secondary N) is 1. The van der Waals surface area contributed by atoms with Crippen molar-refractivity contribution in [1.29, 1.82) is 0 Å². The minimum absolute atomic E-state index is 0.102. The van der Waals surface area contributed by atoms with Crippen molar-refractivity contribution in [2.75, 3.05) is 6.61 Å². The Hall–Kier alpha value is -1.31. The van der Waals surface area contributed by atoms with Gasteiger partial charge >= 0.3 is 5.97 Å². The maximum atomic E-state index is 10.8. The van der Waals surface area contributed by atoms with E-state index in [0.29, 0.717) is 5.75 Å². The van der Waals surface area contributed by atoms with E-state index < -0.39 is 17.9 Å². The zero-order chi connectivity index (χ0) is 12.8. The van der Waals surface area contributed by atoms with E-state index in [-0.39, 0.29) is 6.61 Å². The Morgan fingerprint density at radius 3 is 2.47 bits per heavy atom. The molecule has 0 fully saturated rings. The quantitative estimate of drug-likeness (QED) is 0.785. The van der Waals surface area contributed by atoms with Gasteiger partial charge in [-0.05, 0) is 46.9 Å². The smallest absolute Gasteiger partial charge is 0.329 e. The summed E-state index contributed by atoms with van der Waals surface area (Å²) in [6.07, 6.45) is 0. The molecule has 0 heterocycles. The van der Waals surface area contributed by atoms with Crippen molar-refractivity contribution in [2.45, 2.75) is 13.0 Å². The van der Waals surface area contributed by atoms with Crippen LogP contribution in [0.2, 0.25) is 0 Å². The lowest BCUT2D eigenvalue weighted by Crippen LogP contribution is -2.43. The number of hydrogen-bond acceptors (Lipinski definition) is 3. The van der Waals surface area contributed by atoms with Crippen LogP contribution in [0.4, 0.5) is 0 Å². The Morgan fingerprint density at radius 2 is 2.00 bits per heavy atom. The van der Waals surface area contributed by atoms with Gasteiger partial charge in [-0.25, -0.2) is 4.79 Å². The molecule has 0 saturated heterocycles. The fraction of sp³-hybridized carbons (Fsp3) is 0.273. The molecule has 92 valence electrons. The van der Waals surface area contributed by atoms with Gasteiger partial charge < -0.3 is 15.2 Å². The van der Waals surface area contributed by atoms with E-state index in [1.165, 1.54) is 6.92 Å². The Bertz CT molecular complexity index is 404. The number of ether oxygens (including phenoxy) is 1. The second-order valence-corrected chi connectivity index (χ2v) is 4.60. The van der Waals surface area contributed by atoms with Gasteiger partial charge in [-0.3, -0.25) is 4.79 Å². The second-order valence-electron chi connectivity index (χ2n) is 3.36. The molecular formula is C11H12INO4. The van der Waals surface area contributed by atoms with Crippen LogP contribution in [0.3, 0.4) is 0 Å². The molecule has 17 heavy (non-hydrogen) atoms. The van der Waals surface area contributed by atoms with Gasteiger partial charge in [-0.1, -0.05) is 0 Å². The van der Waals surface area contributed by atoms with E-state index in [9.17, 15) is 9.59 Å². The van der Waals surface area contributed by atoms with E-state index in [4.69, 9.17) is 9.84 Å². The summed E-state index contributed by atoms with van der Waals surface area (Å²) in [5, 5.41) is 11.1. The van der Waals surface area contributed by atoms with Crippen LogP contribution in [-0.2, 0) is 9.59 Å². The van der Waals surface area contributed by atoms with Gasteiger partial charge in [0, 0.05) is 10.5 Å². The number of amides is 1. The second kappa shape index (κ2) is 6.43. The Labute approximate surface area is 112 Å². The topological polar surface area (TPSA) is 75.6 Å². The van der Waals surface area contributed by atoms with Crippen LogP contribution >= 0.6 is 22.6 Å². The number of rotatable bonds is 5. The first-order valence-electron chi connectivity index (χ1n) is 4.87. The summed E-state index contributed by atoms with van der Waals surface area (Å²) in [5.41, 5.74) is 0. The Morgan fingerprint density at radius 1 is 1.41 bits per heavy atom. The molecule has 5 nitrogen and oxygen atoms in total. The third kappa shape index (κ3) is 5.03. The van der Waals surface area contributed by atoms with Crippen LogP contribution in [-0.4, -0.2) is 29.6 Å². The van der Waals surface area contributed by atoms with Crippen molar-refractivity contribution in [2.24, 2.45) is 0 Å². The van der Waals surface area contributed by atoms with Crippen molar-refractivity contribution in [1.82, 2.24) is 5.32 Å². The van der Waals surface area contributed by atoms with Crippen molar-refractivity contribution >= 4 is 34.5 Å². The lowest BCUT2D eigenvalue weighted by Gasteiger charge is -2.14. The van der Waals surface area contributed by atoms with E-state index in [0.717, 1.165) is 3.57 Å². The molecular weight excluding hydrogens is 337 g/mol. The average molecular weight is 349 g/mol. The molecule has 1 aromatic rings. The molecule has 1 rings (SSSR count). The highest BCUT2D eigenvalue weighted by Crippen LogP contribution is 2.13. The van der Waals surface area contributed by atoms with Crippen LogP contribution in [0.5, 0.6) is 5.75 Å². The molecule has 0 bridgehead atoms. The number of aliphatic carboxylic acids is 1. The van der Waals surface area contributed by atoms with Crippen LogP contribution in [0, 0.1) is 3.57 Å². The van der Waals surface area contributed by atoms with Crippen LogP contribution in [0.25, 0.3) is 0 Å². The summed E-state index contributed by atoms with van der Waals surface area (Å²) in [6, 6.07) is 6.16. The van der Waals surface area contributed by atoms with Gasteiger partial charge in [0.2, 0.25) is 5.91 Å². The summed E-state index contributed by atoms with van der Waals surface area (Å²) >= 11 is 2.16. The van der Waals surface area contributed by atoms with Crippen LogP contribution in [0.15, 0.2) is 24.3 Å². The number of hydrogen-bond donors (Lipinski definition) is 2. The molecule has 1 aromatic carbocycles. The number of carboxylic acid groups (broad SMARTS) is 1. The van der Waals surface area contributed by atoms with Crippen molar-refractivity contribution in [3.8, 4) is 5.75 Å². The molecule has 6 heteroatoms. The number of carbonyl (C=O) groups is 2. The largest absolute Gasteiger partial charge is 0.491 e. The monoisotopic (exact) mass is 349 g/mol. The highest BCUT2D eigenvalue weighted by molar-refractivity contribution is 14.1. The molecule has 0 aromatic heterocycles. The van der Waals surface area contributed by atoms with Crippen molar-refractivity contribution < 1.29 is 19.4 Å². The summed E-state index contributed by atoms with van der Waals surface area (Å²) < 4.78 is 6.35. The van der Waals surface area contributed by atoms with Crippen LogP contribution < -0.4 is 10.1 Å². The standard InChI is InChI=1S/C11H12INO4/c1-7(14)13-10(11(15)16)6-17-9-4-2-8(12)3-5-9/h2-5,10H,6H2,1H3,(H,13,14)(H,15,16). The van der Waals surface area contributed by atoms with E-state index in [1.54, 1.807) is 12.1 Å². The fourth-order valence-corrected chi connectivity index (χ4v) is 1.49. The molecule has 0 saturated carbocycles. The molecule has 1 unspecified atom stereocenters. The van der Waals surface area contributed by atoms with Crippen LogP contribution in [0.1, 0.15) is 6.92 Å². The zero-order valence-corrected chi connectivity index (χ0v) is 11.3. The molecule has 0 aliphatic heterocycles. The maximum absolute atomic E-state index is 10.8. The normalized spacial score (nSPS) is 11.6. The number of halogens is 1. The van der Waals surface area contributed by atoms with Gasteiger partial charge in [0.05, 0.1) is 0 Å². The molecule has 0 aliphatic rings. The maximum Gasteiger partial charge on any atom is 0.329 e. The summed E-state index contributed by atoms with van der Waals surface area (Å²) in [5.74, 6) is -0.948. The molecule has 0 radical (unpaired) electrons. The molecule has 2 N–H and O–H groups in total. The minimum atomic E-state index is -1.12. The average Bonchev–Trinajstić information content (AvgIpc) is 2.25. The fourth-order valence-electron chi connectivity index (χ4n) is 1.13. The number of carbonyl (C=O) groups excluding carboxylic acids is 1. The van der Waals surface area contributed by atoms with Gasteiger partial charge in [0.1, 0.15) is 12.4 Å². The van der Waals surface area contributed by atoms with Crippen molar-refractivity contribution in [3.63, 3.8) is 0 Å². The van der Waals surface area contributed by atoms with Gasteiger partial charge in [-0.15, -0.1) is 0 Å². The zero-order valence-electron chi connectivity index (χ0n) is 9.14. The Balaban J connectivity index is 2.54. The summed E-state index contributed by atoms with van der Waals surface area (Å²) in [4.78, 5) is 21.6. The molecule has 0 spiro atoms. The van der Waals surface area contributed by atoms with E-state index in [1.807, 2.05) is 12.1 Å². The highest BCUT2D eigenvalue weighted by Gasteiger charge is 2.18. The van der Waals surface area contributed by atoms with Crippen molar-refractivity contribution in [3.05, 3.63) is 27.8 Å². The lowest BCUT2D eigenvalue weighted by molar-refractivity contribution is -0.142. The molecule has 1 atom stereocenters. The van der Waals surface area contributed by atoms with Gasteiger partial charge in [0.25, 0.3) is 0 Å². The van der Waals surface area contributed by atoms with E-state index >= 15 is 0 Å². The first-order valence-corrected chi connectivity index (χ1v) is 5.95. The Kier molecular flexibility index (Phi) is 5.20. The summed E-state index contributed by atoms with van der Waals surface area (Å²) in [7, 11) is 0. The predicted molar refractivity (Wildman–Crippen MR) is 69.9 cm³/mol. The number of carboxylic acids is 1. The predicted octanol–water partition coefficient (Wildman–Crippen LogP) is 1.26. The molecule has 0 aliphatic carbocycles. The lowest BCUT2D eigenvalue weighted by atomic mass is 10.3. The van der Waals surface area contributed by atoms with E-state index in [2.05, 4.69) is 27.9 Å². The highest BCUT2D eigenvalue weighted by atomic mass is 127. The number of benzene rings is 1. The first-order chi connectivity index (χ1) is 7.99. The molecule has 1 amide bonds. The SMILES string of the molecule is CC(=O)NC(COc1ccc(I)cc1)C(=O)O. The minimum Gasteiger partial charge on any atom is -0.491 e. The van der Waals surface area contributed by atoms with Gasteiger partial charge in [0.15, 0.2) is 6.04 Å².